The summed E-state index contributed by atoms with van der Waals surface area (Å²) in [7, 11) is 0. The molecule has 24 valence electrons. The number of hydrogen-bond donors (Lipinski definition) is 1. The summed E-state index contributed by atoms with van der Waals surface area (Å²) in [6.07, 6.45) is 0. The summed E-state index contributed by atoms with van der Waals surface area (Å²) in [6, 6.07) is 0. The number of nitrogens with two attached hydrogens (primary N) is 1. The van der Waals surface area contributed by atoms with E-state index in [1.165, 1.54) is 0 Å². The number of hydrogen-bond acceptors (Lipinski definition) is 1. The SMILES string of the molecule is NC(=O)[SeH]. The number of amides is 1. The van der Waals surface area contributed by atoms with E-state index in [1.54, 1.807) is 16.0 Å². The van der Waals surface area contributed by atoms with E-state index in [1.807, 2.05) is 0 Å². The van der Waals surface area contributed by atoms with Gasteiger partial charge in [-0.1, -0.05) is 0 Å². The van der Waals surface area contributed by atoms with E-state index < -0.39 is 4.81 Å². The molecule has 1 amide bonds. The molecule has 0 fully saturated rings. The fraction of sp³-hybridized carbons (Fsp3) is 0. The number of carbonyl (C=O) groups excluding carboxylic acids is 1. The molecule has 0 spiro atoms. The zero-order chi connectivity index (χ0) is 3.58. The Morgan fingerprint density at radius 3 is 2.00 bits per heavy atom. The van der Waals surface area contributed by atoms with Crippen molar-refractivity contribution < 1.29 is 4.79 Å². The zero-order valence-electron chi connectivity index (χ0n) is 1.93. The van der Waals surface area contributed by atoms with E-state index in [4.69, 9.17) is 0 Å². The van der Waals surface area contributed by atoms with E-state index in [0.29, 0.717) is 0 Å². The van der Waals surface area contributed by atoms with E-state index >= 15 is 0 Å². The summed E-state index contributed by atoms with van der Waals surface area (Å²) >= 11 is 1.67. The fourth-order valence-corrected chi connectivity index (χ4v) is 0. The van der Waals surface area contributed by atoms with Gasteiger partial charge in [-0.05, 0) is 0 Å². The quantitative estimate of drug-likeness (QED) is 0.412. The van der Waals surface area contributed by atoms with Crippen molar-refractivity contribution in [1.82, 2.24) is 0 Å². The minimum absolute atomic E-state index is 0.396. The third-order valence-corrected chi connectivity index (χ3v) is 0. The van der Waals surface area contributed by atoms with Crippen LogP contribution in [-0.2, 0) is 0 Å². The fourth-order valence-electron chi connectivity index (χ4n) is 0. The topological polar surface area (TPSA) is 43.1 Å². The van der Waals surface area contributed by atoms with Crippen molar-refractivity contribution in [3.05, 3.63) is 0 Å². The first kappa shape index (κ1) is 3.99. The van der Waals surface area contributed by atoms with Gasteiger partial charge in [-0.3, -0.25) is 0 Å². The second-order valence-corrected chi connectivity index (χ2v) is 1.26. The van der Waals surface area contributed by atoms with Gasteiger partial charge in [0, 0.05) is 0 Å². The van der Waals surface area contributed by atoms with Crippen LogP contribution in [0.4, 0.5) is 4.79 Å². The van der Waals surface area contributed by atoms with Crippen molar-refractivity contribution >= 4 is 20.8 Å². The van der Waals surface area contributed by atoms with Crippen LogP contribution >= 0.6 is 0 Å². The van der Waals surface area contributed by atoms with Crippen molar-refractivity contribution in [1.29, 1.82) is 0 Å². The van der Waals surface area contributed by atoms with Gasteiger partial charge < -0.3 is 0 Å². The Labute approximate surface area is 32.2 Å². The van der Waals surface area contributed by atoms with Gasteiger partial charge in [0.15, 0.2) is 0 Å². The summed E-state index contributed by atoms with van der Waals surface area (Å²) in [5.41, 5.74) is 4.44. The zero-order valence-corrected chi connectivity index (χ0v) is 3.81. The van der Waals surface area contributed by atoms with Gasteiger partial charge in [-0.2, -0.15) is 0 Å². The van der Waals surface area contributed by atoms with Crippen LogP contribution in [0.2, 0.25) is 0 Å². The van der Waals surface area contributed by atoms with Crippen molar-refractivity contribution in [2.24, 2.45) is 5.73 Å². The second-order valence-electron chi connectivity index (χ2n) is 0.338. The summed E-state index contributed by atoms with van der Waals surface area (Å²) in [6.45, 7) is 0. The predicted molar refractivity (Wildman–Crippen MR) is 16.7 cm³/mol. The van der Waals surface area contributed by atoms with Crippen LogP contribution in [0.15, 0.2) is 0 Å². The number of primary amides is 1. The normalized spacial score (nSPS) is 6.25. The third-order valence-electron chi connectivity index (χ3n) is 0. The van der Waals surface area contributed by atoms with E-state index in [-0.39, 0.29) is 0 Å². The molecule has 0 bridgehead atoms. The molecule has 2 N–H and O–H groups in total. The van der Waals surface area contributed by atoms with Gasteiger partial charge in [-0.15, -0.1) is 0 Å². The van der Waals surface area contributed by atoms with Gasteiger partial charge in [0.05, 0.1) is 0 Å². The molecule has 3 heteroatoms. The Balaban J connectivity index is 2.80. The number of rotatable bonds is 0. The van der Waals surface area contributed by atoms with Crippen LogP contribution in [-0.4, -0.2) is 20.8 Å². The molecule has 0 aromatic carbocycles. The molecule has 4 heavy (non-hydrogen) atoms. The van der Waals surface area contributed by atoms with Crippen molar-refractivity contribution in [3.63, 3.8) is 0 Å². The van der Waals surface area contributed by atoms with Gasteiger partial charge >= 0.3 is 31.3 Å². The molecule has 0 unspecified atom stereocenters. The Morgan fingerprint density at radius 2 is 2.00 bits per heavy atom. The summed E-state index contributed by atoms with van der Waals surface area (Å²) in [4.78, 5) is 8.80. The average molecular weight is 124 g/mol. The number of carbonyl (C=O) groups is 1. The van der Waals surface area contributed by atoms with E-state index in [9.17, 15) is 4.79 Å². The molecule has 0 saturated carbocycles. The first-order valence-corrected chi connectivity index (χ1v) is 1.65. The third kappa shape index (κ3) is 17600. The van der Waals surface area contributed by atoms with Crippen LogP contribution in [0.3, 0.4) is 0 Å². The summed E-state index contributed by atoms with van der Waals surface area (Å²) in [5, 5.41) is 0. The van der Waals surface area contributed by atoms with Crippen molar-refractivity contribution in [3.8, 4) is 0 Å². The molecule has 0 aliphatic heterocycles. The molecule has 2 nitrogen and oxygen atoms in total. The first-order valence-electron chi connectivity index (χ1n) is 0.716. The molecule has 0 aliphatic rings. The standard InChI is InChI=1S/CH3NOSe/c2-1(3)4/h(H3,2,3,4). The first-order chi connectivity index (χ1) is 1.73. The molecule has 0 heterocycles. The molecule has 0 rings (SSSR count). The van der Waals surface area contributed by atoms with Crippen LogP contribution in [0.25, 0.3) is 0 Å². The Hall–Kier alpha value is -0.0105. The van der Waals surface area contributed by atoms with E-state index in [0.717, 1.165) is 0 Å². The predicted octanol–water partition coefficient (Wildman–Crippen LogP) is -1.03. The maximum absolute atomic E-state index is 9.19. The molecule has 0 radical (unpaired) electrons. The van der Waals surface area contributed by atoms with Crippen molar-refractivity contribution in [2.45, 2.75) is 0 Å². The molecule has 0 aliphatic carbocycles. The summed E-state index contributed by atoms with van der Waals surface area (Å²) < 4.78 is 0. The van der Waals surface area contributed by atoms with Gasteiger partial charge in [-0.25, -0.2) is 0 Å². The molecule has 0 aromatic heterocycles. The molecular formula is CH3NOSe. The maximum atomic E-state index is 9.19. The molecule has 0 atom stereocenters. The molecule has 0 aromatic rings. The van der Waals surface area contributed by atoms with Gasteiger partial charge in [0.1, 0.15) is 0 Å². The van der Waals surface area contributed by atoms with Crippen LogP contribution < -0.4 is 5.73 Å². The Kier molecular flexibility index (Phi) is 1.32. The van der Waals surface area contributed by atoms with Crippen LogP contribution in [0, 0.1) is 0 Å². The van der Waals surface area contributed by atoms with Crippen LogP contribution in [0.1, 0.15) is 0 Å². The minimum atomic E-state index is -0.396. The van der Waals surface area contributed by atoms with Gasteiger partial charge in [0.2, 0.25) is 0 Å². The monoisotopic (exact) mass is 125 g/mol. The second kappa shape index (κ2) is 1.32. The Bertz CT molecular complexity index is 31.0. The molecule has 0 saturated heterocycles. The summed E-state index contributed by atoms with van der Waals surface area (Å²) in [5.74, 6) is 0. The van der Waals surface area contributed by atoms with E-state index in [2.05, 4.69) is 5.73 Å². The molecular weight excluding hydrogens is 121 g/mol. The van der Waals surface area contributed by atoms with Crippen molar-refractivity contribution in [2.75, 3.05) is 0 Å². The van der Waals surface area contributed by atoms with Gasteiger partial charge in [0.25, 0.3) is 0 Å². The Morgan fingerprint density at radius 1 is 2.00 bits per heavy atom. The van der Waals surface area contributed by atoms with Crippen LogP contribution in [0.5, 0.6) is 0 Å². The average Bonchev–Trinajstić information content (AvgIpc) is 0.811.